The Morgan fingerprint density at radius 3 is 2.87 bits per heavy atom. The van der Waals surface area contributed by atoms with Crippen molar-refractivity contribution in [2.24, 2.45) is 0 Å². The zero-order valence-electron chi connectivity index (χ0n) is 17.4. The minimum absolute atomic E-state index is 0.636. The van der Waals surface area contributed by atoms with Crippen molar-refractivity contribution in [3.05, 3.63) is 36.4 Å². The van der Waals surface area contributed by atoms with Crippen LogP contribution in [0.15, 0.2) is 36.4 Å². The second-order valence-electron chi connectivity index (χ2n) is 7.86. The molecule has 0 bridgehead atoms. The Bertz CT molecular complexity index is 1140. The monoisotopic (exact) mass is 404 g/mol. The van der Waals surface area contributed by atoms with Gasteiger partial charge in [0, 0.05) is 17.6 Å². The normalized spacial score (nSPS) is 14.7. The Labute approximate surface area is 175 Å². The van der Waals surface area contributed by atoms with Crippen LogP contribution in [0.1, 0.15) is 26.2 Å². The number of hydrogen-bond acceptors (Lipinski definition) is 5. The van der Waals surface area contributed by atoms with Gasteiger partial charge in [-0.05, 0) is 82.2 Å². The van der Waals surface area contributed by atoms with Gasteiger partial charge in [-0.2, -0.15) is 5.10 Å². The third kappa shape index (κ3) is 3.85. The number of imidazole rings is 1. The van der Waals surface area contributed by atoms with Gasteiger partial charge in [0.25, 0.3) is 0 Å². The second kappa shape index (κ2) is 8.36. The highest BCUT2D eigenvalue weighted by Gasteiger charge is 2.14. The van der Waals surface area contributed by atoms with E-state index in [0.717, 1.165) is 57.9 Å². The van der Waals surface area contributed by atoms with Crippen LogP contribution in [0.25, 0.3) is 33.5 Å². The summed E-state index contributed by atoms with van der Waals surface area (Å²) in [5.41, 5.74) is 4.83. The maximum Gasteiger partial charge on any atom is 0.159 e. The summed E-state index contributed by atoms with van der Waals surface area (Å²) < 4.78 is 5.64. The van der Waals surface area contributed by atoms with E-state index in [9.17, 15) is 0 Å². The molecule has 1 aliphatic rings. The molecule has 30 heavy (non-hydrogen) atoms. The van der Waals surface area contributed by atoms with Gasteiger partial charge in [0.2, 0.25) is 0 Å². The number of nitrogens with one attached hydrogen (secondary N) is 3. The number of aromatic amines is 2. The number of aromatic nitrogens is 4. The van der Waals surface area contributed by atoms with Gasteiger partial charge in [-0.15, -0.1) is 0 Å². The van der Waals surface area contributed by atoms with Crippen molar-refractivity contribution in [3.8, 4) is 17.3 Å². The predicted octanol–water partition coefficient (Wildman–Crippen LogP) is 4.40. The lowest BCUT2D eigenvalue weighted by atomic mass is 10.2. The highest BCUT2D eigenvalue weighted by atomic mass is 16.5. The van der Waals surface area contributed by atoms with E-state index in [-0.39, 0.29) is 0 Å². The fourth-order valence-corrected chi connectivity index (χ4v) is 4.20. The van der Waals surface area contributed by atoms with E-state index >= 15 is 0 Å². The summed E-state index contributed by atoms with van der Waals surface area (Å²) in [4.78, 5) is 10.7. The Kier molecular flexibility index (Phi) is 5.27. The molecular formula is C23H28N6O. The van der Waals surface area contributed by atoms with Crippen molar-refractivity contribution in [2.75, 3.05) is 38.1 Å². The standard InChI is InChI=1S/C23H28N6O/c1-2-30-17-7-9-19-18(15-17)22(28-27-19)23-25-20-8-6-16(14-21(20)26-23)24-10-5-13-29-11-3-4-12-29/h6-9,14-15,24H,2-5,10-13H2,1H3,(H,25,26)(H,27,28). The van der Waals surface area contributed by atoms with Crippen LogP contribution in [-0.4, -0.2) is 57.9 Å². The number of ether oxygens (including phenoxy) is 1. The number of hydrogen-bond donors (Lipinski definition) is 3. The quantitative estimate of drug-likeness (QED) is 0.379. The molecule has 7 heteroatoms. The van der Waals surface area contributed by atoms with Crippen molar-refractivity contribution in [1.29, 1.82) is 0 Å². The van der Waals surface area contributed by atoms with E-state index in [1.807, 2.05) is 25.1 Å². The summed E-state index contributed by atoms with van der Waals surface area (Å²) >= 11 is 0. The van der Waals surface area contributed by atoms with Crippen LogP contribution in [0.4, 0.5) is 5.69 Å². The molecule has 7 nitrogen and oxygen atoms in total. The second-order valence-corrected chi connectivity index (χ2v) is 7.86. The molecule has 0 atom stereocenters. The maximum atomic E-state index is 5.64. The zero-order chi connectivity index (χ0) is 20.3. The molecule has 2 aromatic carbocycles. The van der Waals surface area contributed by atoms with Crippen LogP contribution < -0.4 is 10.1 Å². The number of H-pyrrole nitrogens is 2. The fourth-order valence-electron chi connectivity index (χ4n) is 4.20. The number of fused-ring (bicyclic) bond motifs is 2. The maximum absolute atomic E-state index is 5.64. The van der Waals surface area contributed by atoms with E-state index in [4.69, 9.17) is 9.72 Å². The van der Waals surface area contributed by atoms with Crippen LogP contribution in [0.5, 0.6) is 5.75 Å². The first-order chi connectivity index (χ1) is 14.8. The van der Waals surface area contributed by atoms with Crippen molar-refractivity contribution < 1.29 is 4.74 Å². The van der Waals surface area contributed by atoms with E-state index in [1.54, 1.807) is 0 Å². The summed E-state index contributed by atoms with van der Waals surface area (Å²) in [6, 6.07) is 12.2. The Morgan fingerprint density at radius 1 is 1.10 bits per heavy atom. The van der Waals surface area contributed by atoms with Crippen LogP contribution in [0.2, 0.25) is 0 Å². The number of rotatable bonds is 8. The molecule has 4 aromatic rings. The molecule has 1 saturated heterocycles. The highest BCUT2D eigenvalue weighted by Crippen LogP contribution is 2.29. The van der Waals surface area contributed by atoms with Gasteiger partial charge in [-0.3, -0.25) is 5.10 Å². The van der Waals surface area contributed by atoms with Crippen molar-refractivity contribution >= 4 is 27.6 Å². The van der Waals surface area contributed by atoms with Crippen molar-refractivity contribution in [1.82, 2.24) is 25.1 Å². The first kappa shape index (κ1) is 18.9. The molecule has 2 aromatic heterocycles. The average molecular weight is 405 g/mol. The fraction of sp³-hybridized carbons (Fsp3) is 0.391. The summed E-state index contributed by atoms with van der Waals surface area (Å²) in [7, 11) is 0. The Morgan fingerprint density at radius 2 is 2.00 bits per heavy atom. The summed E-state index contributed by atoms with van der Waals surface area (Å²) in [6.07, 6.45) is 3.86. The molecule has 1 aliphatic heterocycles. The molecule has 5 rings (SSSR count). The molecule has 3 N–H and O–H groups in total. The lowest BCUT2D eigenvalue weighted by Crippen LogP contribution is -2.22. The minimum atomic E-state index is 0.636. The first-order valence-corrected chi connectivity index (χ1v) is 10.9. The molecule has 0 radical (unpaired) electrons. The first-order valence-electron chi connectivity index (χ1n) is 10.9. The molecule has 1 fully saturated rings. The van der Waals surface area contributed by atoms with Crippen LogP contribution in [0.3, 0.4) is 0 Å². The SMILES string of the molecule is CCOc1ccc2[nH]nc(-c3nc4ccc(NCCCN5CCCC5)cc4[nH]3)c2c1. The van der Waals surface area contributed by atoms with Crippen LogP contribution in [-0.2, 0) is 0 Å². The molecule has 0 unspecified atom stereocenters. The van der Waals surface area contributed by atoms with Gasteiger partial charge in [0.1, 0.15) is 11.4 Å². The number of benzene rings is 2. The molecule has 0 aliphatic carbocycles. The Balaban J connectivity index is 1.32. The van der Waals surface area contributed by atoms with E-state index < -0.39 is 0 Å². The number of nitrogens with zero attached hydrogens (tertiary/aromatic N) is 3. The highest BCUT2D eigenvalue weighted by molar-refractivity contribution is 5.94. The largest absolute Gasteiger partial charge is 0.494 e. The lowest BCUT2D eigenvalue weighted by molar-refractivity contribution is 0.337. The van der Waals surface area contributed by atoms with E-state index in [1.165, 1.54) is 32.5 Å². The number of likely N-dealkylation sites (tertiary alicyclic amines) is 1. The van der Waals surface area contributed by atoms with E-state index in [0.29, 0.717) is 6.61 Å². The third-order valence-corrected chi connectivity index (χ3v) is 5.73. The zero-order valence-corrected chi connectivity index (χ0v) is 17.4. The number of anilines is 1. The smallest absolute Gasteiger partial charge is 0.159 e. The van der Waals surface area contributed by atoms with Gasteiger partial charge in [-0.1, -0.05) is 0 Å². The predicted molar refractivity (Wildman–Crippen MR) is 121 cm³/mol. The molecule has 3 heterocycles. The Hall–Kier alpha value is -3.06. The molecule has 0 amide bonds. The minimum Gasteiger partial charge on any atom is -0.494 e. The molecule has 0 saturated carbocycles. The molecule has 156 valence electrons. The van der Waals surface area contributed by atoms with Gasteiger partial charge in [0.15, 0.2) is 5.82 Å². The lowest BCUT2D eigenvalue weighted by Gasteiger charge is -2.14. The van der Waals surface area contributed by atoms with Crippen LogP contribution in [0, 0.1) is 0 Å². The topological polar surface area (TPSA) is 81.9 Å². The van der Waals surface area contributed by atoms with Crippen molar-refractivity contribution in [3.63, 3.8) is 0 Å². The van der Waals surface area contributed by atoms with Gasteiger partial charge >= 0.3 is 0 Å². The van der Waals surface area contributed by atoms with Gasteiger partial charge < -0.3 is 19.9 Å². The van der Waals surface area contributed by atoms with Crippen LogP contribution >= 0.6 is 0 Å². The van der Waals surface area contributed by atoms with E-state index in [2.05, 4.69) is 43.6 Å². The molecule has 0 spiro atoms. The summed E-state index contributed by atoms with van der Waals surface area (Å²) in [5.74, 6) is 1.60. The summed E-state index contributed by atoms with van der Waals surface area (Å²) in [6.45, 7) is 7.30. The van der Waals surface area contributed by atoms with Gasteiger partial charge in [-0.25, -0.2) is 4.98 Å². The molecular weight excluding hydrogens is 376 g/mol. The summed E-state index contributed by atoms with van der Waals surface area (Å²) in [5, 5.41) is 12.1. The third-order valence-electron chi connectivity index (χ3n) is 5.73. The van der Waals surface area contributed by atoms with Crippen molar-refractivity contribution in [2.45, 2.75) is 26.2 Å². The average Bonchev–Trinajstić information content (AvgIpc) is 3.49. The van der Waals surface area contributed by atoms with Gasteiger partial charge in [0.05, 0.1) is 23.2 Å².